The molecule has 0 spiro atoms. The van der Waals surface area contributed by atoms with Crippen LogP contribution in [-0.4, -0.2) is 5.03 Å². The topological polar surface area (TPSA) is 55.2 Å². The number of nitrogens with zero attached hydrogens (tertiary/aromatic N) is 1. The van der Waals surface area contributed by atoms with Crippen LogP contribution in [0.5, 0.6) is 0 Å². The Hall–Kier alpha value is -1.06. The Bertz CT molecular complexity index is 88.9. The number of nitrogens with one attached hydrogen (secondary N) is 1. The van der Waals surface area contributed by atoms with Crippen LogP contribution in [0.15, 0.2) is 12.3 Å². The number of hydrogen-bond donors (Lipinski definition) is 1. The Morgan fingerprint density at radius 1 is 1.86 bits per heavy atom. The molecular weight excluding hydrogens is 96.0 g/mol. The third kappa shape index (κ3) is 4.94. The number of nitro groups is 1. The fourth-order valence-corrected chi connectivity index (χ4v) is 0.135. The molecule has 1 N–H and O–H groups in total. The molecule has 0 aliphatic carbocycles. The second-order valence-electron chi connectivity index (χ2n) is 0.886. The summed E-state index contributed by atoms with van der Waals surface area (Å²) in [6, 6.07) is 0. The van der Waals surface area contributed by atoms with Gasteiger partial charge in [0.2, 0.25) is 0 Å². The van der Waals surface area contributed by atoms with E-state index in [0.717, 1.165) is 0 Å². The second-order valence-corrected chi connectivity index (χ2v) is 0.886. The molecule has 0 heterocycles. The van der Waals surface area contributed by atoms with Crippen LogP contribution in [-0.2, 0) is 0 Å². The van der Waals surface area contributed by atoms with Gasteiger partial charge >= 0.3 is 0 Å². The van der Waals surface area contributed by atoms with E-state index in [1.54, 1.807) is 13.0 Å². The Morgan fingerprint density at radius 3 is 2.57 bits per heavy atom. The maximum Gasteiger partial charge on any atom is 0.161 e. The van der Waals surface area contributed by atoms with Crippen molar-refractivity contribution in [1.29, 1.82) is 0 Å². The summed E-state index contributed by atoms with van der Waals surface area (Å²) in [4.78, 5) is 9.40. The maximum atomic E-state index is 9.40. The first kappa shape index (κ1) is 5.94. The second kappa shape index (κ2) is 3.14. The molecule has 0 aromatic rings. The summed E-state index contributed by atoms with van der Waals surface area (Å²) in [5, 5.41) is 8.78. The number of hydrogen-bond acceptors (Lipinski definition) is 2. The Labute approximate surface area is 41.0 Å². The summed E-state index contributed by atoms with van der Waals surface area (Å²) < 4.78 is 0. The van der Waals surface area contributed by atoms with Gasteiger partial charge in [-0.25, -0.2) is 10.1 Å². The Balaban J connectivity index is 3.14. The van der Waals surface area contributed by atoms with E-state index in [1.807, 2.05) is 5.43 Å². The van der Waals surface area contributed by atoms with Gasteiger partial charge in [-0.1, -0.05) is 6.08 Å². The van der Waals surface area contributed by atoms with E-state index >= 15 is 0 Å². The average molecular weight is 102 g/mol. The van der Waals surface area contributed by atoms with Gasteiger partial charge in [0.05, 0.1) is 6.20 Å². The van der Waals surface area contributed by atoms with Crippen molar-refractivity contribution < 1.29 is 5.03 Å². The van der Waals surface area contributed by atoms with Gasteiger partial charge in [-0.2, -0.15) is 0 Å². The van der Waals surface area contributed by atoms with Gasteiger partial charge < -0.3 is 0 Å². The van der Waals surface area contributed by atoms with E-state index in [-0.39, 0.29) is 0 Å². The zero-order chi connectivity index (χ0) is 5.70. The van der Waals surface area contributed by atoms with Gasteiger partial charge in [0.25, 0.3) is 0 Å². The molecule has 0 rings (SSSR count). The molecule has 0 atom stereocenters. The quantitative estimate of drug-likeness (QED) is 0.403. The minimum atomic E-state index is -0.625. The molecule has 0 radical (unpaired) electrons. The van der Waals surface area contributed by atoms with Crippen molar-refractivity contribution in [2.75, 3.05) is 0 Å². The highest BCUT2D eigenvalue weighted by molar-refractivity contribution is 4.68. The highest BCUT2D eigenvalue weighted by Gasteiger charge is 1.78. The molecule has 0 aromatic heterocycles. The molecule has 0 aromatic carbocycles. The first-order valence-electron chi connectivity index (χ1n) is 1.79. The van der Waals surface area contributed by atoms with Gasteiger partial charge in [0, 0.05) is 0 Å². The SMILES string of the molecule is CC=CN[N+](=O)[O-]. The molecule has 0 saturated carbocycles. The van der Waals surface area contributed by atoms with Crippen molar-refractivity contribution in [1.82, 2.24) is 5.43 Å². The molecule has 40 valence electrons. The summed E-state index contributed by atoms with van der Waals surface area (Å²) in [7, 11) is 0. The molecule has 0 amide bonds. The third-order valence-corrected chi connectivity index (χ3v) is 0.347. The van der Waals surface area contributed by atoms with Gasteiger partial charge in [0.15, 0.2) is 5.03 Å². The maximum absolute atomic E-state index is 9.40. The first-order chi connectivity index (χ1) is 3.27. The van der Waals surface area contributed by atoms with E-state index < -0.39 is 5.03 Å². The summed E-state index contributed by atoms with van der Waals surface area (Å²) in [6.45, 7) is 1.69. The molecule has 0 unspecified atom stereocenters. The monoisotopic (exact) mass is 102 g/mol. The summed E-state index contributed by atoms with van der Waals surface area (Å²) in [6.07, 6.45) is 2.79. The number of hydrazine groups is 1. The predicted molar refractivity (Wildman–Crippen MR) is 24.9 cm³/mol. The van der Waals surface area contributed by atoms with Crippen LogP contribution in [0.4, 0.5) is 0 Å². The van der Waals surface area contributed by atoms with Crippen LogP contribution < -0.4 is 5.43 Å². The summed E-state index contributed by atoms with van der Waals surface area (Å²) in [5.41, 5.74) is 1.84. The molecule has 7 heavy (non-hydrogen) atoms. The molecule has 0 bridgehead atoms. The molecule has 0 saturated heterocycles. The predicted octanol–water partition coefficient (Wildman–Crippen LogP) is 0.301. The fraction of sp³-hybridized carbons (Fsp3) is 0.333. The zero-order valence-corrected chi connectivity index (χ0v) is 3.92. The molecule has 0 aliphatic heterocycles. The van der Waals surface area contributed by atoms with Gasteiger partial charge in [-0.05, 0) is 6.92 Å². The van der Waals surface area contributed by atoms with E-state index in [1.165, 1.54) is 6.20 Å². The molecule has 4 nitrogen and oxygen atoms in total. The normalized spacial score (nSPS) is 9.29. The molecule has 0 fully saturated rings. The molecule has 0 aliphatic rings. The third-order valence-electron chi connectivity index (χ3n) is 0.347. The minimum Gasteiger partial charge on any atom is -0.235 e. The van der Waals surface area contributed by atoms with Crippen molar-refractivity contribution in [3.63, 3.8) is 0 Å². The van der Waals surface area contributed by atoms with Crippen LogP contribution in [0.3, 0.4) is 0 Å². The van der Waals surface area contributed by atoms with E-state index in [4.69, 9.17) is 0 Å². The largest absolute Gasteiger partial charge is 0.235 e. The lowest BCUT2D eigenvalue weighted by atomic mass is 10.7. The Kier molecular flexibility index (Phi) is 2.67. The summed E-state index contributed by atoms with van der Waals surface area (Å²) >= 11 is 0. The number of rotatable bonds is 2. The lowest BCUT2D eigenvalue weighted by Gasteiger charge is -1.80. The van der Waals surface area contributed by atoms with Gasteiger partial charge in [-0.3, -0.25) is 0 Å². The van der Waals surface area contributed by atoms with Crippen LogP contribution in [0, 0.1) is 10.1 Å². The number of allylic oxidation sites excluding steroid dienone is 1. The van der Waals surface area contributed by atoms with E-state index in [9.17, 15) is 10.1 Å². The van der Waals surface area contributed by atoms with Gasteiger partial charge in [-0.15, -0.1) is 5.43 Å². The standard InChI is InChI=1S/C3H6N2O2/c1-2-3-4-5(6)7/h2-4H,1H3. The van der Waals surface area contributed by atoms with Crippen molar-refractivity contribution >= 4 is 0 Å². The highest BCUT2D eigenvalue weighted by atomic mass is 16.7. The van der Waals surface area contributed by atoms with Crippen LogP contribution >= 0.6 is 0 Å². The minimum absolute atomic E-state index is 0.625. The van der Waals surface area contributed by atoms with Crippen LogP contribution in [0.2, 0.25) is 0 Å². The van der Waals surface area contributed by atoms with Crippen LogP contribution in [0.25, 0.3) is 0 Å². The van der Waals surface area contributed by atoms with Crippen molar-refractivity contribution in [2.45, 2.75) is 6.92 Å². The van der Waals surface area contributed by atoms with Crippen LogP contribution in [0.1, 0.15) is 6.92 Å². The average Bonchev–Trinajstić information content (AvgIpc) is 1.61. The lowest BCUT2D eigenvalue weighted by Crippen LogP contribution is -2.12. The van der Waals surface area contributed by atoms with Crippen molar-refractivity contribution in [2.24, 2.45) is 0 Å². The van der Waals surface area contributed by atoms with Gasteiger partial charge in [0.1, 0.15) is 0 Å². The highest BCUT2D eigenvalue weighted by Crippen LogP contribution is 1.60. The van der Waals surface area contributed by atoms with E-state index in [0.29, 0.717) is 0 Å². The molecule has 4 heteroatoms. The first-order valence-corrected chi connectivity index (χ1v) is 1.79. The smallest absolute Gasteiger partial charge is 0.161 e. The lowest BCUT2D eigenvalue weighted by molar-refractivity contribution is -0.532. The molecular formula is C3H6N2O2. The zero-order valence-electron chi connectivity index (χ0n) is 3.92. The fourth-order valence-electron chi connectivity index (χ4n) is 0.135. The van der Waals surface area contributed by atoms with E-state index in [2.05, 4.69) is 0 Å². The Morgan fingerprint density at radius 2 is 2.43 bits per heavy atom. The summed E-state index contributed by atoms with van der Waals surface area (Å²) in [5.74, 6) is 0. The van der Waals surface area contributed by atoms with Crippen molar-refractivity contribution in [3.05, 3.63) is 22.4 Å². The van der Waals surface area contributed by atoms with Crippen molar-refractivity contribution in [3.8, 4) is 0 Å².